The molecule has 4 N–H and O–H groups in total. The van der Waals surface area contributed by atoms with Gasteiger partial charge in [-0.1, -0.05) is 42.5 Å². The zero-order chi connectivity index (χ0) is 16.5. The number of aliphatic imine (C=N–C) groups is 1. The van der Waals surface area contributed by atoms with Crippen molar-refractivity contribution in [3.8, 4) is 5.75 Å². The molecule has 0 heterocycles. The van der Waals surface area contributed by atoms with Crippen LogP contribution in [0.25, 0.3) is 0 Å². The van der Waals surface area contributed by atoms with Crippen LogP contribution in [0.5, 0.6) is 5.75 Å². The molecule has 5 nitrogen and oxygen atoms in total. The molecule has 2 aromatic carbocycles. The van der Waals surface area contributed by atoms with E-state index >= 15 is 0 Å². The van der Waals surface area contributed by atoms with E-state index in [9.17, 15) is 5.11 Å². The average molecular weight is 441 g/mol. The maximum absolute atomic E-state index is 10.1. The van der Waals surface area contributed by atoms with Crippen LogP contribution in [0.4, 0.5) is 0 Å². The Hall–Kier alpha value is -1.80. The Morgan fingerprint density at radius 2 is 1.83 bits per heavy atom. The molecule has 0 saturated heterocycles. The van der Waals surface area contributed by atoms with Gasteiger partial charge in [0.25, 0.3) is 0 Å². The molecule has 2 aromatic rings. The Morgan fingerprint density at radius 1 is 1.17 bits per heavy atom. The van der Waals surface area contributed by atoms with Gasteiger partial charge in [0.05, 0.1) is 19.8 Å². The van der Waals surface area contributed by atoms with Crippen molar-refractivity contribution in [3.63, 3.8) is 0 Å². The highest BCUT2D eigenvalue weighted by Gasteiger charge is 2.07. The monoisotopic (exact) mass is 441 g/mol. The number of hydrogen-bond acceptors (Lipinski definition) is 3. The Balaban J connectivity index is 0.00000288. The van der Waals surface area contributed by atoms with Gasteiger partial charge in [0.15, 0.2) is 5.96 Å². The SMILES string of the molecule is COc1ccc(C(O)CN=C(N)NCCc2ccccc2)cc1.I. The van der Waals surface area contributed by atoms with Gasteiger partial charge in [0, 0.05) is 6.54 Å². The molecule has 0 bridgehead atoms. The molecule has 24 heavy (non-hydrogen) atoms. The van der Waals surface area contributed by atoms with E-state index in [0.717, 1.165) is 17.7 Å². The summed E-state index contributed by atoms with van der Waals surface area (Å²) >= 11 is 0. The summed E-state index contributed by atoms with van der Waals surface area (Å²) < 4.78 is 5.09. The zero-order valence-corrected chi connectivity index (χ0v) is 16.0. The molecule has 0 amide bonds. The fourth-order valence-corrected chi connectivity index (χ4v) is 2.15. The molecule has 130 valence electrons. The van der Waals surface area contributed by atoms with E-state index in [1.165, 1.54) is 5.56 Å². The van der Waals surface area contributed by atoms with E-state index in [-0.39, 0.29) is 30.5 Å². The first-order chi connectivity index (χ1) is 11.2. The number of benzene rings is 2. The summed E-state index contributed by atoms with van der Waals surface area (Å²) in [6.07, 6.45) is 0.188. The Bertz CT molecular complexity index is 618. The third-order valence-electron chi connectivity index (χ3n) is 3.50. The van der Waals surface area contributed by atoms with Crippen molar-refractivity contribution in [2.45, 2.75) is 12.5 Å². The lowest BCUT2D eigenvalue weighted by Crippen LogP contribution is -2.33. The third-order valence-corrected chi connectivity index (χ3v) is 3.50. The number of nitrogens with zero attached hydrogens (tertiary/aromatic N) is 1. The lowest BCUT2D eigenvalue weighted by atomic mass is 10.1. The highest BCUT2D eigenvalue weighted by atomic mass is 127. The fourth-order valence-electron chi connectivity index (χ4n) is 2.15. The van der Waals surface area contributed by atoms with Crippen molar-refractivity contribution >= 4 is 29.9 Å². The van der Waals surface area contributed by atoms with Crippen molar-refractivity contribution in [2.24, 2.45) is 10.7 Å². The maximum Gasteiger partial charge on any atom is 0.188 e. The van der Waals surface area contributed by atoms with Gasteiger partial charge in [-0.25, -0.2) is 0 Å². The highest BCUT2D eigenvalue weighted by molar-refractivity contribution is 14.0. The second-order valence-corrected chi connectivity index (χ2v) is 5.18. The van der Waals surface area contributed by atoms with Crippen LogP contribution in [-0.2, 0) is 6.42 Å². The summed E-state index contributed by atoms with van der Waals surface area (Å²) in [5.74, 6) is 1.10. The van der Waals surface area contributed by atoms with Gasteiger partial charge in [-0.3, -0.25) is 4.99 Å². The molecule has 0 aromatic heterocycles. The molecule has 0 aliphatic rings. The minimum absolute atomic E-state index is 0. The number of rotatable bonds is 7. The molecule has 2 rings (SSSR count). The summed E-state index contributed by atoms with van der Waals surface area (Å²) in [5.41, 5.74) is 7.84. The van der Waals surface area contributed by atoms with Gasteiger partial charge in [-0.2, -0.15) is 0 Å². The Kier molecular flexibility index (Phi) is 9.18. The summed E-state index contributed by atoms with van der Waals surface area (Å²) in [6, 6.07) is 17.4. The predicted octanol–water partition coefficient (Wildman–Crippen LogP) is 2.49. The molecular formula is C18H24IN3O2. The van der Waals surface area contributed by atoms with E-state index in [4.69, 9.17) is 10.5 Å². The molecule has 6 heteroatoms. The average Bonchev–Trinajstić information content (AvgIpc) is 2.60. The second kappa shape index (κ2) is 10.9. The van der Waals surface area contributed by atoms with E-state index in [2.05, 4.69) is 22.4 Å². The van der Waals surface area contributed by atoms with Crippen LogP contribution in [0.3, 0.4) is 0 Å². The van der Waals surface area contributed by atoms with E-state index < -0.39 is 6.10 Å². The number of guanidine groups is 1. The lowest BCUT2D eigenvalue weighted by molar-refractivity contribution is 0.187. The van der Waals surface area contributed by atoms with Crippen LogP contribution < -0.4 is 15.8 Å². The Labute approximate surface area is 160 Å². The summed E-state index contributed by atoms with van der Waals surface area (Å²) in [6.45, 7) is 0.925. The number of hydrogen-bond donors (Lipinski definition) is 3. The number of halogens is 1. The quantitative estimate of drug-likeness (QED) is 0.351. The van der Waals surface area contributed by atoms with Crippen LogP contribution in [0, 0.1) is 0 Å². The van der Waals surface area contributed by atoms with Crippen molar-refractivity contribution in [1.82, 2.24) is 5.32 Å². The molecule has 0 aliphatic heterocycles. The van der Waals surface area contributed by atoms with Crippen molar-refractivity contribution in [2.75, 3.05) is 20.2 Å². The smallest absolute Gasteiger partial charge is 0.188 e. The number of aliphatic hydroxyl groups excluding tert-OH is 1. The molecule has 1 unspecified atom stereocenters. The van der Waals surface area contributed by atoms with E-state index in [1.807, 2.05) is 42.5 Å². The van der Waals surface area contributed by atoms with Gasteiger partial charge in [-0.15, -0.1) is 24.0 Å². The first kappa shape index (κ1) is 20.2. The van der Waals surface area contributed by atoms with Gasteiger partial charge in [0.2, 0.25) is 0 Å². The number of aliphatic hydroxyl groups is 1. The molecular weight excluding hydrogens is 417 g/mol. The molecule has 0 spiro atoms. The van der Waals surface area contributed by atoms with Gasteiger partial charge >= 0.3 is 0 Å². The first-order valence-corrected chi connectivity index (χ1v) is 7.59. The minimum Gasteiger partial charge on any atom is -0.497 e. The van der Waals surface area contributed by atoms with Crippen LogP contribution in [0.15, 0.2) is 59.6 Å². The summed E-state index contributed by atoms with van der Waals surface area (Å²) in [4.78, 5) is 4.18. The topological polar surface area (TPSA) is 79.9 Å². The zero-order valence-electron chi connectivity index (χ0n) is 13.7. The number of nitrogens with two attached hydrogens (primary N) is 1. The second-order valence-electron chi connectivity index (χ2n) is 5.18. The fraction of sp³-hybridized carbons (Fsp3) is 0.278. The maximum atomic E-state index is 10.1. The lowest BCUT2D eigenvalue weighted by Gasteiger charge is -2.10. The summed E-state index contributed by atoms with van der Waals surface area (Å²) in [5, 5.41) is 13.2. The molecule has 0 radical (unpaired) electrons. The molecule has 1 atom stereocenters. The minimum atomic E-state index is -0.685. The van der Waals surface area contributed by atoms with Crippen molar-refractivity contribution in [1.29, 1.82) is 0 Å². The van der Waals surface area contributed by atoms with Gasteiger partial charge in [0.1, 0.15) is 5.75 Å². The third kappa shape index (κ3) is 6.76. The molecule has 0 fully saturated rings. The van der Waals surface area contributed by atoms with E-state index in [0.29, 0.717) is 12.5 Å². The van der Waals surface area contributed by atoms with Crippen molar-refractivity contribution in [3.05, 3.63) is 65.7 Å². The Morgan fingerprint density at radius 3 is 2.46 bits per heavy atom. The van der Waals surface area contributed by atoms with Gasteiger partial charge in [-0.05, 0) is 29.7 Å². The predicted molar refractivity (Wildman–Crippen MR) is 108 cm³/mol. The normalized spacial score (nSPS) is 12.2. The highest BCUT2D eigenvalue weighted by Crippen LogP contribution is 2.17. The largest absolute Gasteiger partial charge is 0.497 e. The van der Waals surface area contributed by atoms with Crippen LogP contribution in [-0.4, -0.2) is 31.3 Å². The van der Waals surface area contributed by atoms with E-state index in [1.54, 1.807) is 7.11 Å². The van der Waals surface area contributed by atoms with Crippen LogP contribution in [0.2, 0.25) is 0 Å². The number of methoxy groups -OCH3 is 1. The van der Waals surface area contributed by atoms with Crippen molar-refractivity contribution < 1.29 is 9.84 Å². The number of ether oxygens (including phenoxy) is 1. The first-order valence-electron chi connectivity index (χ1n) is 7.59. The van der Waals surface area contributed by atoms with Crippen LogP contribution >= 0.6 is 24.0 Å². The van der Waals surface area contributed by atoms with Gasteiger partial charge < -0.3 is 20.9 Å². The molecule has 0 saturated carbocycles. The standard InChI is InChI=1S/C18H23N3O2.HI/c1-23-16-9-7-15(8-10-16)17(22)13-21-18(19)20-12-11-14-5-3-2-4-6-14;/h2-10,17,22H,11-13H2,1H3,(H3,19,20,21);1H. The molecule has 0 aliphatic carbocycles. The number of nitrogens with one attached hydrogen (secondary N) is 1. The van der Waals surface area contributed by atoms with Crippen LogP contribution in [0.1, 0.15) is 17.2 Å². The summed E-state index contributed by atoms with van der Waals surface area (Å²) in [7, 11) is 1.61.